The van der Waals surface area contributed by atoms with Crippen molar-refractivity contribution < 1.29 is 18.3 Å². The fraction of sp³-hybridized carbons (Fsp3) is 0.0909. The summed E-state index contributed by atoms with van der Waals surface area (Å²) in [6, 6.07) is 18.9. The van der Waals surface area contributed by atoms with Gasteiger partial charge in [0.2, 0.25) is 0 Å². The summed E-state index contributed by atoms with van der Waals surface area (Å²) < 4.78 is 30.6. The Labute approximate surface area is 175 Å². The molecule has 0 aliphatic rings. The Hall–Kier alpha value is -3.39. The number of fused-ring (bicyclic) bond motifs is 1. The summed E-state index contributed by atoms with van der Waals surface area (Å²) in [6.45, 7) is -2.88. The zero-order valence-corrected chi connectivity index (χ0v) is 16.5. The van der Waals surface area contributed by atoms with E-state index in [1.807, 2.05) is 47.1 Å². The number of nitrogens with zero attached hydrogens (tertiary/aromatic N) is 2. The van der Waals surface area contributed by atoms with Crippen LogP contribution in [0.5, 0.6) is 5.75 Å². The highest BCUT2D eigenvalue weighted by molar-refractivity contribution is 7.98. The van der Waals surface area contributed by atoms with Crippen LogP contribution < -0.4 is 10.1 Å². The first-order valence-corrected chi connectivity index (χ1v) is 10.1. The van der Waals surface area contributed by atoms with Gasteiger partial charge in [0.05, 0.1) is 5.69 Å². The number of imidazole rings is 1. The largest absolute Gasteiger partial charge is 0.435 e. The SMILES string of the molecule is O=C(Nc1ccc(OC(F)F)cc1)c1ccc(SCc2cn3ccccc3n2)cc1. The molecule has 0 aliphatic carbocycles. The van der Waals surface area contributed by atoms with Gasteiger partial charge in [-0.1, -0.05) is 6.07 Å². The number of alkyl halides is 2. The van der Waals surface area contributed by atoms with Gasteiger partial charge in [0, 0.05) is 34.3 Å². The Bertz CT molecular complexity index is 1110. The number of benzene rings is 2. The number of nitrogens with one attached hydrogen (secondary N) is 1. The van der Waals surface area contributed by atoms with Gasteiger partial charge in [0.15, 0.2) is 0 Å². The number of amides is 1. The molecule has 2 heterocycles. The fourth-order valence-electron chi connectivity index (χ4n) is 2.84. The van der Waals surface area contributed by atoms with E-state index in [0.717, 1.165) is 22.0 Å². The molecule has 5 nitrogen and oxygen atoms in total. The van der Waals surface area contributed by atoms with Gasteiger partial charge in [0.1, 0.15) is 11.4 Å². The standard InChI is InChI=1S/C22H17F2N3O2S/c23-22(24)29-18-8-6-16(7-9-18)26-21(28)15-4-10-19(11-5-15)30-14-17-13-27-12-2-1-3-20(27)25-17/h1-13,22H,14H2,(H,26,28). The van der Waals surface area contributed by atoms with Gasteiger partial charge in [-0.25, -0.2) is 4.98 Å². The molecule has 2 aromatic heterocycles. The van der Waals surface area contributed by atoms with Crippen molar-refractivity contribution in [2.75, 3.05) is 5.32 Å². The summed E-state index contributed by atoms with van der Waals surface area (Å²) in [6.07, 6.45) is 3.96. The maximum atomic E-state index is 12.4. The molecule has 0 fully saturated rings. The van der Waals surface area contributed by atoms with E-state index in [-0.39, 0.29) is 11.7 Å². The number of hydrogen-bond acceptors (Lipinski definition) is 4. The highest BCUT2D eigenvalue weighted by atomic mass is 32.2. The van der Waals surface area contributed by atoms with Crippen molar-refractivity contribution in [2.45, 2.75) is 17.3 Å². The van der Waals surface area contributed by atoms with Crippen LogP contribution >= 0.6 is 11.8 Å². The van der Waals surface area contributed by atoms with Crippen LogP contribution in [0.25, 0.3) is 5.65 Å². The van der Waals surface area contributed by atoms with Crippen molar-refractivity contribution in [3.05, 3.63) is 90.4 Å². The van der Waals surface area contributed by atoms with Gasteiger partial charge in [-0.2, -0.15) is 8.78 Å². The van der Waals surface area contributed by atoms with Gasteiger partial charge in [-0.3, -0.25) is 4.79 Å². The minimum absolute atomic E-state index is 0.0370. The third-order valence-electron chi connectivity index (χ3n) is 4.25. The Balaban J connectivity index is 1.33. The number of halogens is 2. The molecule has 152 valence electrons. The van der Waals surface area contributed by atoms with E-state index in [1.165, 1.54) is 24.3 Å². The van der Waals surface area contributed by atoms with Crippen molar-refractivity contribution in [3.8, 4) is 5.75 Å². The molecule has 0 radical (unpaired) electrons. The van der Waals surface area contributed by atoms with Crippen LogP contribution in [0.3, 0.4) is 0 Å². The fourth-order valence-corrected chi connectivity index (χ4v) is 3.62. The van der Waals surface area contributed by atoms with E-state index in [1.54, 1.807) is 23.9 Å². The van der Waals surface area contributed by atoms with Crippen molar-refractivity contribution in [1.82, 2.24) is 9.38 Å². The lowest BCUT2D eigenvalue weighted by Gasteiger charge is -2.08. The quantitative estimate of drug-likeness (QED) is 0.399. The summed E-state index contributed by atoms with van der Waals surface area (Å²) >= 11 is 1.64. The maximum Gasteiger partial charge on any atom is 0.387 e. The molecule has 0 saturated carbocycles. The molecule has 30 heavy (non-hydrogen) atoms. The number of hydrogen-bond donors (Lipinski definition) is 1. The second-order valence-electron chi connectivity index (χ2n) is 6.37. The summed E-state index contributed by atoms with van der Waals surface area (Å²) in [5.74, 6) is 0.477. The van der Waals surface area contributed by atoms with Gasteiger partial charge in [-0.05, 0) is 60.7 Å². The first kappa shape index (κ1) is 19.9. The number of anilines is 1. The first-order valence-electron chi connectivity index (χ1n) is 9.08. The lowest BCUT2D eigenvalue weighted by molar-refractivity contribution is -0.0498. The molecular formula is C22H17F2N3O2S. The summed E-state index contributed by atoms with van der Waals surface area (Å²) in [5, 5.41) is 2.73. The molecule has 0 spiro atoms. The molecule has 0 saturated heterocycles. The predicted molar refractivity (Wildman–Crippen MR) is 112 cm³/mol. The topological polar surface area (TPSA) is 55.6 Å². The van der Waals surface area contributed by atoms with Gasteiger partial charge < -0.3 is 14.5 Å². The average molecular weight is 425 g/mol. The average Bonchev–Trinajstić information content (AvgIpc) is 3.17. The Morgan fingerprint density at radius 2 is 1.83 bits per heavy atom. The van der Waals surface area contributed by atoms with Crippen LogP contribution in [0.15, 0.2) is 84.0 Å². The number of thioether (sulfide) groups is 1. The van der Waals surface area contributed by atoms with E-state index in [9.17, 15) is 13.6 Å². The molecule has 1 N–H and O–H groups in total. The van der Waals surface area contributed by atoms with E-state index in [0.29, 0.717) is 11.3 Å². The summed E-state index contributed by atoms with van der Waals surface area (Å²) in [5.41, 5.74) is 2.88. The Morgan fingerprint density at radius 3 is 2.53 bits per heavy atom. The molecule has 0 unspecified atom stereocenters. The van der Waals surface area contributed by atoms with E-state index in [4.69, 9.17) is 0 Å². The molecule has 1 amide bonds. The Kier molecular flexibility index (Phi) is 5.94. The number of pyridine rings is 1. The molecule has 0 aliphatic heterocycles. The molecule has 2 aromatic carbocycles. The van der Waals surface area contributed by atoms with Gasteiger partial charge in [-0.15, -0.1) is 11.8 Å². The highest BCUT2D eigenvalue weighted by Crippen LogP contribution is 2.24. The zero-order valence-electron chi connectivity index (χ0n) is 15.7. The smallest absolute Gasteiger partial charge is 0.387 e. The highest BCUT2D eigenvalue weighted by Gasteiger charge is 2.08. The van der Waals surface area contributed by atoms with Crippen LogP contribution in [-0.4, -0.2) is 21.9 Å². The van der Waals surface area contributed by atoms with Gasteiger partial charge in [0.25, 0.3) is 5.91 Å². The zero-order chi connectivity index (χ0) is 20.9. The van der Waals surface area contributed by atoms with Crippen molar-refractivity contribution >= 4 is 29.0 Å². The molecule has 0 atom stereocenters. The van der Waals surface area contributed by atoms with Crippen LogP contribution in [-0.2, 0) is 5.75 Å². The minimum Gasteiger partial charge on any atom is -0.435 e. The van der Waals surface area contributed by atoms with Crippen molar-refractivity contribution in [2.24, 2.45) is 0 Å². The lowest BCUT2D eigenvalue weighted by Crippen LogP contribution is -2.11. The molecule has 4 aromatic rings. The number of ether oxygens (including phenoxy) is 1. The van der Waals surface area contributed by atoms with Crippen molar-refractivity contribution in [1.29, 1.82) is 0 Å². The summed E-state index contributed by atoms with van der Waals surface area (Å²) in [4.78, 5) is 18.0. The van der Waals surface area contributed by atoms with E-state index in [2.05, 4.69) is 15.0 Å². The number of carbonyl (C=O) groups excluding carboxylic acids is 1. The number of rotatable bonds is 7. The third-order valence-corrected chi connectivity index (χ3v) is 5.30. The van der Waals surface area contributed by atoms with Gasteiger partial charge >= 0.3 is 6.61 Å². The Morgan fingerprint density at radius 1 is 1.07 bits per heavy atom. The second kappa shape index (κ2) is 8.96. The normalized spacial score (nSPS) is 11.0. The van der Waals surface area contributed by atoms with Crippen LogP contribution in [0.4, 0.5) is 14.5 Å². The summed E-state index contributed by atoms with van der Waals surface area (Å²) in [7, 11) is 0. The molecular weight excluding hydrogens is 408 g/mol. The molecule has 0 bridgehead atoms. The second-order valence-corrected chi connectivity index (χ2v) is 7.42. The minimum atomic E-state index is -2.88. The van der Waals surface area contributed by atoms with E-state index >= 15 is 0 Å². The number of carbonyl (C=O) groups is 1. The van der Waals surface area contributed by atoms with E-state index < -0.39 is 6.61 Å². The van der Waals surface area contributed by atoms with Crippen LogP contribution in [0, 0.1) is 0 Å². The first-order chi connectivity index (χ1) is 14.6. The molecule has 4 rings (SSSR count). The third kappa shape index (κ3) is 4.96. The van der Waals surface area contributed by atoms with Crippen LogP contribution in [0.1, 0.15) is 16.1 Å². The number of aromatic nitrogens is 2. The van der Waals surface area contributed by atoms with Crippen LogP contribution in [0.2, 0.25) is 0 Å². The maximum absolute atomic E-state index is 12.4. The monoisotopic (exact) mass is 425 g/mol. The predicted octanol–water partition coefficient (Wildman–Crippen LogP) is 5.48. The lowest BCUT2D eigenvalue weighted by atomic mass is 10.2. The van der Waals surface area contributed by atoms with Crippen molar-refractivity contribution in [3.63, 3.8) is 0 Å². The molecule has 8 heteroatoms.